The van der Waals surface area contributed by atoms with Crippen LogP contribution in [0.25, 0.3) is 17.0 Å². The second-order valence-electron chi connectivity index (χ2n) is 4.35. The summed E-state index contributed by atoms with van der Waals surface area (Å²) in [7, 11) is 0. The molecule has 2 heteroatoms. The van der Waals surface area contributed by atoms with Gasteiger partial charge in [-0.15, -0.1) is 0 Å². The zero-order chi connectivity index (χ0) is 13.2. The van der Waals surface area contributed by atoms with Crippen molar-refractivity contribution in [1.82, 2.24) is 4.57 Å². The minimum Gasteiger partial charge on any atom is -0.283 e. The van der Waals surface area contributed by atoms with Gasteiger partial charge in [-0.25, -0.2) is 0 Å². The summed E-state index contributed by atoms with van der Waals surface area (Å²) in [6.07, 6.45) is 3.62. The Bertz CT molecular complexity index is 753. The third-order valence-corrected chi connectivity index (χ3v) is 3.20. The van der Waals surface area contributed by atoms with Crippen molar-refractivity contribution in [2.24, 2.45) is 0 Å². The highest BCUT2D eigenvalue weighted by Crippen LogP contribution is 2.23. The van der Waals surface area contributed by atoms with E-state index in [4.69, 9.17) is 0 Å². The Hall–Kier alpha value is -2.61. The number of carbonyl (C=O) groups is 1. The number of rotatable bonds is 2. The van der Waals surface area contributed by atoms with Gasteiger partial charge in [0, 0.05) is 17.1 Å². The highest BCUT2D eigenvalue weighted by atomic mass is 16.2. The molecule has 0 aliphatic rings. The molecule has 19 heavy (non-hydrogen) atoms. The lowest BCUT2D eigenvalue weighted by Crippen LogP contribution is -2.10. The highest BCUT2D eigenvalue weighted by molar-refractivity contribution is 6.04. The third kappa shape index (κ3) is 1.87. The van der Waals surface area contributed by atoms with E-state index in [1.165, 1.54) is 0 Å². The van der Waals surface area contributed by atoms with Crippen molar-refractivity contribution in [3.05, 3.63) is 78.5 Å². The Morgan fingerprint density at radius 2 is 1.68 bits per heavy atom. The molecule has 0 aliphatic carbocycles. The molecule has 2 nitrogen and oxygen atoms in total. The monoisotopic (exact) mass is 247 g/mol. The number of hydrogen-bond acceptors (Lipinski definition) is 1. The second kappa shape index (κ2) is 4.58. The molecule has 3 rings (SSSR count). The van der Waals surface area contributed by atoms with Crippen LogP contribution in [-0.4, -0.2) is 10.5 Å². The molecule has 0 bridgehead atoms. The van der Waals surface area contributed by atoms with E-state index in [1.54, 1.807) is 10.6 Å². The number of nitrogens with zero attached hydrogens (tertiary/aromatic N) is 1. The van der Waals surface area contributed by atoms with Gasteiger partial charge in [0.1, 0.15) is 0 Å². The minimum absolute atomic E-state index is 0.0232. The number of fused-ring (bicyclic) bond motifs is 1. The molecule has 2 aromatic carbocycles. The van der Waals surface area contributed by atoms with E-state index in [0.717, 1.165) is 16.5 Å². The zero-order valence-corrected chi connectivity index (χ0v) is 10.4. The minimum atomic E-state index is -0.0232. The van der Waals surface area contributed by atoms with Gasteiger partial charge in [0.2, 0.25) is 0 Å². The van der Waals surface area contributed by atoms with Crippen LogP contribution >= 0.6 is 0 Å². The van der Waals surface area contributed by atoms with Crippen LogP contribution in [0.1, 0.15) is 15.9 Å². The van der Waals surface area contributed by atoms with Crippen LogP contribution in [0, 0.1) is 0 Å². The Morgan fingerprint density at radius 1 is 1.00 bits per heavy atom. The Labute approximate surface area is 111 Å². The van der Waals surface area contributed by atoms with Crippen LogP contribution in [0.15, 0.2) is 67.4 Å². The summed E-state index contributed by atoms with van der Waals surface area (Å²) in [6, 6.07) is 17.1. The first kappa shape index (κ1) is 11.5. The van der Waals surface area contributed by atoms with Gasteiger partial charge in [0.15, 0.2) is 0 Å². The van der Waals surface area contributed by atoms with Crippen LogP contribution in [0.4, 0.5) is 0 Å². The first-order chi connectivity index (χ1) is 9.31. The summed E-state index contributed by atoms with van der Waals surface area (Å²) in [5, 5.41) is 1.04. The summed E-state index contributed by atoms with van der Waals surface area (Å²) in [4.78, 5) is 12.5. The maximum absolute atomic E-state index is 12.5. The summed E-state index contributed by atoms with van der Waals surface area (Å²) >= 11 is 0. The molecule has 0 fully saturated rings. The van der Waals surface area contributed by atoms with Crippen molar-refractivity contribution < 1.29 is 4.79 Å². The maximum Gasteiger partial charge on any atom is 0.262 e. The number of para-hydroxylation sites is 1. The highest BCUT2D eigenvalue weighted by Gasteiger charge is 2.13. The van der Waals surface area contributed by atoms with E-state index in [-0.39, 0.29) is 5.91 Å². The zero-order valence-electron chi connectivity index (χ0n) is 10.4. The standard InChI is InChI=1S/C17H13NO/c1-2-13-12-18(16-11-7-6-10-15(13)16)17(19)14-8-4-3-5-9-14/h2-12H,1H2. The number of benzene rings is 2. The summed E-state index contributed by atoms with van der Waals surface area (Å²) in [6.45, 7) is 3.80. The fraction of sp³-hybridized carbons (Fsp3) is 0. The lowest BCUT2D eigenvalue weighted by molar-refractivity contribution is 0.0965. The van der Waals surface area contributed by atoms with E-state index >= 15 is 0 Å². The fourth-order valence-electron chi connectivity index (χ4n) is 2.26. The molecule has 0 spiro atoms. The van der Waals surface area contributed by atoms with Gasteiger partial charge in [-0.3, -0.25) is 9.36 Å². The lowest BCUT2D eigenvalue weighted by Gasteiger charge is -2.03. The normalized spacial score (nSPS) is 10.5. The molecular formula is C17H13NO. The van der Waals surface area contributed by atoms with Crippen molar-refractivity contribution in [1.29, 1.82) is 0 Å². The van der Waals surface area contributed by atoms with Gasteiger partial charge >= 0.3 is 0 Å². The summed E-state index contributed by atoms with van der Waals surface area (Å²) in [5.74, 6) is -0.0232. The number of aromatic nitrogens is 1. The first-order valence-electron chi connectivity index (χ1n) is 6.13. The smallest absolute Gasteiger partial charge is 0.262 e. The number of hydrogen-bond donors (Lipinski definition) is 0. The van der Waals surface area contributed by atoms with Crippen LogP contribution in [0.2, 0.25) is 0 Å². The predicted octanol–water partition coefficient (Wildman–Crippen LogP) is 3.97. The van der Waals surface area contributed by atoms with Crippen molar-refractivity contribution in [2.45, 2.75) is 0 Å². The lowest BCUT2D eigenvalue weighted by atomic mass is 10.2. The number of carbonyl (C=O) groups excluding carboxylic acids is 1. The van der Waals surface area contributed by atoms with Gasteiger partial charge in [-0.2, -0.15) is 0 Å². The summed E-state index contributed by atoms with van der Waals surface area (Å²) < 4.78 is 1.68. The molecule has 3 aromatic rings. The second-order valence-corrected chi connectivity index (χ2v) is 4.35. The van der Waals surface area contributed by atoms with E-state index in [9.17, 15) is 4.79 Å². The van der Waals surface area contributed by atoms with Crippen LogP contribution in [0.5, 0.6) is 0 Å². The molecule has 0 amide bonds. The van der Waals surface area contributed by atoms with Crippen molar-refractivity contribution >= 4 is 22.9 Å². The van der Waals surface area contributed by atoms with Crippen LogP contribution in [-0.2, 0) is 0 Å². The maximum atomic E-state index is 12.5. The van der Waals surface area contributed by atoms with Gasteiger partial charge < -0.3 is 0 Å². The predicted molar refractivity (Wildman–Crippen MR) is 78.2 cm³/mol. The molecule has 1 heterocycles. The van der Waals surface area contributed by atoms with E-state index in [1.807, 2.05) is 60.8 Å². The Morgan fingerprint density at radius 3 is 2.42 bits per heavy atom. The fourth-order valence-corrected chi connectivity index (χ4v) is 2.26. The quantitative estimate of drug-likeness (QED) is 0.671. The molecule has 0 saturated carbocycles. The Balaban J connectivity index is 2.21. The van der Waals surface area contributed by atoms with Gasteiger partial charge in [0.25, 0.3) is 5.91 Å². The average Bonchev–Trinajstić information content (AvgIpc) is 2.86. The van der Waals surface area contributed by atoms with Crippen LogP contribution in [0.3, 0.4) is 0 Å². The molecule has 1 aromatic heterocycles. The van der Waals surface area contributed by atoms with Crippen LogP contribution < -0.4 is 0 Å². The van der Waals surface area contributed by atoms with E-state index in [2.05, 4.69) is 6.58 Å². The van der Waals surface area contributed by atoms with Crippen molar-refractivity contribution in [2.75, 3.05) is 0 Å². The topological polar surface area (TPSA) is 22.0 Å². The average molecular weight is 247 g/mol. The molecule has 0 radical (unpaired) electrons. The molecule has 0 saturated heterocycles. The molecule has 0 unspecified atom stereocenters. The molecule has 0 N–H and O–H groups in total. The van der Waals surface area contributed by atoms with Gasteiger partial charge in [-0.1, -0.05) is 49.1 Å². The van der Waals surface area contributed by atoms with Crippen molar-refractivity contribution in [3.8, 4) is 0 Å². The molecular weight excluding hydrogens is 234 g/mol. The third-order valence-electron chi connectivity index (χ3n) is 3.20. The molecule has 92 valence electrons. The SMILES string of the molecule is C=Cc1cn(C(=O)c2ccccc2)c2ccccc12. The van der Waals surface area contributed by atoms with E-state index in [0.29, 0.717) is 5.56 Å². The largest absolute Gasteiger partial charge is 0.283 e. The Kier molecular flexibility index (Phi) is 2.76. The molecule has 0 aliphatic heterocycles. The first-order valence-corrected chi connectivity index (χ1v) is 6.13. The summed E-state index contributed by atoms with van der Waals surface area (Å²) in [5.41, 5.74) is 2.56. The van der Waals surface area contributed by atoms with Gasteiger partial charge in [-0.05, 0) is 23.8 Å². The van der Waals surface area contributed by atoms with Crippen molar-refractivity contribution in [3.63, 3.8) is 0 Å². The molecule has 0 atom stereocenters. The van der Waals surface area contributed by atoms with Gasteiger partial charge in [0.05, 0.1) is 5.52 Å². The van der Waals surface area contributed by atoms with E-state index < -0.39 is 0 Å².